The summed E-state index contributed by atoms with van der Waals surface area (Å²) in [5.41, 5.74) is 2.65. The highest BCUT2D eigenvalue weighted by Gasteiger charge is 2.16. The van der Waals surface area contributed by atoms with Crippen LogP contribution in [0.3, 0.4) is 0 Å². The number of aromatic hydroxyl groups is 2. The van der Waals surface area contributed by atoms with Gasteiger partial charge in [0.25, 0.3) is 0 Å². The molecule has 106 valence electrons. The molecule has 0 amide bonds. The lowest BCUT2D eigenvalue weighted by molar-refractivity contribution is 0.462. The SMILES string of the molecule is CC(C)(C)c1ccc(O)c(Cc2cc(Cl)ccc2O)c1. The Morgan fingerprint density at radius 3 is 2.05 bits per heavy atom. The molecule has 0 spiro atoms. The molecule has 3 heteroatoms. The summed E-state index contributed by atoms with van der Waals surface area (Å²) in [6.45, 7) is 6.38. The Bertz CT molecular complexity index is 627. The number of phenols is 2. The van der Waals surface area contributed by atoms with Crippen molar-refractivity contribution in [2.75, 3.05) is 0 Å². The molecule has 0 atom stereocenters. The Morgan fingerprint density at radius 2 is 1.45 bits per heavy atom. The van der Waals surface area contributed by atoms with Gasteiger partial charge in [-0.05, 0) is 46.4 Å². The number of rotatable bonds is 2. The van der Waals surface area contributed by atoms with Crippen LogP contribution < -0.4 is 0 Å². The smallest absolute Gasteiger partial charge is 0.119 e. The highest BCUT2D eigenvalue weighted by molar-refractivity contribution is 6.30. The maximum absolute atomic E-state index is 10.0. The second-order valence-corrected chi connectivity index (χ2v) is 6.48. The number of phenolic OH excluding ortho intramolecular Hbond substituents is 2. The summed E-state index contributed by atoms with van der Waals surface area (Å²) in [6, 6.07) is 10.6. The number of hydrogen-bond acceptors (Lipinski definition) is 2. The standard InChI is InChI=1S/C17H19ClO2/c1-17(2,3)13-4-6-15(19)11(9-13)8-12-10-14(18)5-7-16(12)20/h4-7,9-10,19-20H,8H2,1-3H3. The van der Waals surface area contributed by atoms with Gasteiger partial charge in [-0.1, -0.05) is 44.5 Å². The minimum atomic E-state index is 0.0127. The molecule has 0 unspecified atom stereocenters. The van der Waals surface area contributed by atoms with Crippen molar-refractivity contribution in [1.29, 1.82) is 0 Å². The number of halogens is 1. The Morgan fingerprint density at radius 1 is 0.900 bits per heavy atom. The molecule has 0 saturated carbocycles. The topological polar surface area (TPSA) is 40.5 Å². The van der Waals surface area contributed by atoms with Crippen molar-refractivity contribution < 1.29 is 10.2 Å². The maximum atomic E-state index is 10.0. The van der Waals surface area contributed by atoms with Crippen molar-refractivity contribution in [3.63, 3.8) is 0 Å². The van der Waals surface area contributed by atoms with Gasteiger partial charge in [-0.15, -0.1) is 0 Å². The quantitative estimate of drug-likeness (QED) is 0.846. The maximum Gasteiger partial charge on any atom is 0.119 e. The third kappa shape index (κ3) is 3.26. The lowest BCUT2D eigenvalue weighted by Crippen LogP contribution is -2.11. The molecule has 0 fully saturated rings. The van der Waals surface area contributed by atoms with Crippen molar-refractivity contribution >= 4 is 11.6 Å². The first-order valence-electron chi connectivity index (χ1n) is 6.57. The third-order valence-corrected chi connectivity index (χ3v) is 3.60. The number of benzene rings is 2. The van der Waals surface area contributed by atoms with E-state index in [-0.39, 0.29) is 16.9 Å². The van der Waals surface area contributed by atoms with Crippen molar-refractivity contribution in [1.82, 2.24) is 0 Å². The Labute approximate surface area is 124 Å². The van der Waals surface area contributed by atoms with E-state index >= 15 is 0 Å². The third-order valence-electron chi connectivity index (χ3n) is 3.37. The molecular formula is C17H19ClO2. The zero-order valence-electron chi connectivity index (χ0n) is 11.9. The Balaban J connectivity index is 2.40. The molecule has 2 N–H and O–H groups in total. The molecule has 2 rings (SSSR count). The summed E-state index contributed by atoms with van der Waals surface area (Å²) in [5.74, 6) is 0.423. The van der Waals surface area contributed by atoms with Gasteiger partial charge in [0, 0.05) is 11.4 Å². The van der Waals surface area contributed by atoms with E-state index in [9.17, 15) is 10.2 Å². The zero-order valence-corrected chi connectivity index (χ0v) is 12.7. The highest BCUT2D eigenvalue weighted by atomic mass is 35.5. The van der Waals surface area contributed by atoms with E-state index in [0.717, 1.165) is 11.1 Å². The van der Waals surface area contributed by atoms with Gasteiger partial charge in [0.15, 0.2) is 0 Å². The molecule has 0 aliphatic heterocycles. The van der Waals surface area contributed by atoms with E-state index in [1.807, 2.05) is 12.1 Å². The van der Waals surface area contributed by atoms with E-state index < -0.39 is 0 Å². The van der Waals surface area contributed by atoms with Crippen LogP contribution in [-0.2, 0) is 11.8 Å². The molecule has 2 aromatic rings. The predicted octanol–water partition coefficient (Wildman–Crippen LogP) is 4.64. The highest BCUT2D eigenvalue weighted by Crippen LogP contribution is 2.31. The summed E-state index contributed by atoms with van der Waals surface area (Å²) < 4.78 is 0. The van der Waals surface area contributed by atoms with Crippen LogP contribution in [0.4, 0.5) is 0 Å². The van der Waals surface area contributed by atoms with E-state index in [2.05, 4.69) is 20.8 Å². The van der Waals surface area contributed by atoms with Gasteiger partial charge in [-0.2, -0.15) is 0 Å². The summed E-state index contributed by atoms with van der Waals surface area (Å²) in [7, 11) is 0. The van der Waals surface area contributed by atoms with E-state index in [1.54, 1.807) is 24.3 Å². The van der Waals surface area contributed by atoms with E-state index in [1.165, 1.54) is 0 Å². The van der Waals surface area contributed by atoms with Crippen LogP contribution in [0.5, 0.6) is 11.5 Å². The average Bonchev–Trinajstić information content (AvgIpc) is 2.35. The largest absolute Gasteiger partial charge is 0.508 e. The zero-order chi connectivity index (χ0) is 14.9. The van der Waals surface area contributed by atoms with E-state index in [0.29, 0.717) is 17.0 Å². The van der Waals surface area contributed by atoms with Crippen molar-refractivity contribution in [2.24, 2.45) is 0 Å². The van der Waals surface area contributed by atoms with Crippen LogP contribution >= 0.6 is 11.6 Å². The van der Waals surface area contributed by atoms with Crippen LogP contribution in [0.25, 0.3) is 0 Å². The molecule has 0 saturated heterocycles. The molecule has 0 aliphatic carbocycles. The van der Waals surface area contributed by atoms with Gasteiger partial charge in [0.1, 0.15) is 11.5 Å². The van der Waals surface area contributed by atoms with Gasteiger partial charge in [-0.3, -0.25) is 0 Å². The molecule has 0 bridgehead atoms. The average molecular weight is 291 g/mol. The summed E-state index contributed by atoms with van der Waals surface area (Å²) in [4.78, 5) is 0. The lowest BCUT2D eigenvalue weighted by Gasteiger charge is -2.20. The minimum absolute atomic E-state index is 0.0127. The fourth-order valence-electron chi connectivity index (χ4n) is 2.09. The van der Waals surface area contributed by atoms with Crippen LogP contribution in [0.2, 0.25) is 5.02 Å². The first-order chi connectivity index (χ1) is 9.27. The second kappa shape index (κ2) is 5.37. The first-order valence-corrected chi connectivity index (χ1v) is 6.95. The monoisotopic (exact) mass is 290 g/mol. The molecule has 2 aromatic carbocycles. The van der Waals surface area contributed by atoms with Crippen molar-refractivity contribution in [3.05, 3.63) is 58.1 Å². The van der Waals surface area contributed by atoms with Crippen LogP contribution in [0.15, 0.2) is 36.4 Å². The van der Waals surface area contributed by atoms with Gasteiger partial charge in [0.05, 0.1) is 0 Å². The van der Waals surface area contributed by atoms with Crippen molar-refractivity contribution in [2.45, 2.75) is 32.6 Å². The predicted molar refractivity (Wildman–Crippen MR) is 82.7 cm³/mol. The summed E-state index contributed by atoms with van der Waals surface area (Å²) in [6.07, 6.45) is 0.447. The fourth-order valence-corrected chi connectivity index (χ4v) is 2.29. The van der Waals surface area contributed by atoms with Crippen LogP contribution in [0, 0.1) is 0 Å². The molecule has 20 heavy (non-hydrogen) atoms. The molecular weight excluding hydrogens is 272 g/mol. The normalized spacial score (nSPS) is 11.6. The van der Waals surface area contributed by atoms with Gasteiger partial charge >= 0.3 is 0 Å². The van der Waals surface area contributed by atoms with Crippen LogP contribution in [-0.4, -0.2) is 10.2 Å². The van der Waals surface area contributed by atoms with Gasteiger partial charge in [0.2, 0.25) is 0 Å². The molecule has 2 nitrogen and oxygen atoms in total. The summed E-state index contributed by atoms with van der Waals surface area (Å²) in [5, 5.41) is 20.5. The lowest BCUT2D eigenvalue weighted by atomic mass is 9.85. The van der Waals surface area contributed by atoms with E-state index in [4.69, 9.17) is 11.6 Å². The van der Waals surface area contributed by atoms with Crippen molar-refractivity contribution in [3.8, 4) is 11.5 Å². The Kier molecular flexibility index (Phi) is 3.96. The van der Waals surface area contributed by atoms with Gasteiger partial charge in [-0.25, -0.2) is 0 Å². The first kappa shape index (κ1) is 14.7. The molecule has 0 aliphatic rings. The fraction of sp³-hybridized carbons (Fsp3) is 0.294. The van der Waals surface area contributed by atoms with Crippen LogP contribution in [0.1, 0.15) is 37.5 Å². The van der Waals surface area contributed by atoms with Gasteiger partial charge < -0.3 is 10.2 Å². The molecule has 0 heterocycles. The summed E-state index contributed by atoms with van der Waals surface area (Å²) >= 11 is 5.95. The number of hydrogen-bond donors (Lipinski definition) is 2. The minimum Gasteiger partial charge on any atom is -0.508 e. The second-order valence-electron chi connectivity index (χ2n) is 6.04. The molecule has 0 aromatic heterocycles. The Hall–Kier alpha value is -1.67. The molecule has 0 radical (unpaired) electrons.